The topological polar surface area (TPSA) is 88.0 Å². The molecule has 70 valence electrons. The van der Waals surface area contributed by atoms with E-state index in [-0.39, 0.29) is 48.9 Å². The molecule has 0 amide bonds. The summed E-state index contributed by atoms with van der Waals surface area (Å²) >= 11 is 5.51. The van der Waals surface area contributed by atoms with Gasteiger partial charge >= 0.3 is 29.6 Å². The van der Waals surface area contributed by atoms with Gasteiger partial charge in [0.1, 0.15) is 0 Å². The van der Waals surface area contributed by atoms with Crippen LogP contribution in [0.15, 0.2) is 9.98 Å². The van der Waals surface area contributed by atoms with E-state index in [9.17, 15) is 14.4 Å². The molecule has 0 aliphatic carbocycles. The van der Waals surface area contributed by atoms with Crippen molar-refractivity contribution in [2.45, 2.75) is 5.12 Å². The van der Waals surface area contributed by atoms with Gasteiger partial charge in [-0.15, -0.1) is 0 Å². The predicted octanol–water partition coefficient (Wildman–Crippen LogP) is -4.01. The zero-order valence-corrected chi connectivity index (χ0v) is 9.99. The smallest absolute Gasteiger partial charge is 1.00 e. The van der Waals surface area contributed by atoms with Crippen LogP contribution in [0.1, 0.15) is 1.43 Å². The number of alkyl halides is 1. The number of aliphatic imine (C=N–C) groups is 2. The quantitative estimate of drug-likeness (QED) is 0.229. The van der Waals surface area contributed by atoms with E-state index >= 15 is 0 Å². The number of carbonyl (C=O) groups is 3. The number of carbonyl (C=O) groups excluding carboxylic acids is 3. The van der Waals surface area contributed by atoms with E-state index in [2.05, 4.69) is 15.3 Å². The van der Waals surface area contributed by atoms with E-state index in [0.717, 1.165) is 0 Å². The molecule has 0 atom stereocenters. The van der Waals surface area contributed by atoms with Crippen molar-refractivity contribution in [2.75, 3.05) is 0 Å². The second kappa shape index (κ2) is 5.35. The Balaban J connectivity index is 0. The van der Waals surface area contributed by atoms with Crippen molar-refractivity contribution in [3.05, 3.63) is 0 Å². The summed E-state index contributed by atoms with van der Waals surface area (Å²) in [7, 11) is 0. The summed E-state index contributed by atoms with van der Waals surface area (Å²) in [5, 5.41) is 0.372. The summed E-state index contributed by atoms with van der Waals surface area (Å²) in [6, 6.07) is 0. The van der Waals surface area contributed by atoms with Gasteiger partial charge in [0.2, 0.25) is 0 Å². The molecule has 0 fully saturated rings. The zero-order valence-electron chi connectivity index (χ0n) is 8.23. The molecule has 0 aromatic rings. The van der Waals surface area contributed by atoms with Crippen LogP contribution in [0.25, 0.3) is 0 Å². The largest absolute Gasteiger partial charge is 1.00 e. The number of hydrogen-bond donors (Lipinski definition) is 1. The van der Waals surface area contributed by atoms with Crippen LogP contribution >= 0.6 is 11.6 Å². The molecule has 8 heteroatoms. The molecular formula is C6H5ClN3NaO3. The minimum absolute atomic E-state index is 0. The standard InChI is InChI=1S/C6H4ClN3O3.Na.H/c7-6(3-13)9-4(1-11)8-5(2-12)10-6;;/h1-3H,(H,8,9,10);;/q;+1;-1. The summed E-state index contributed by atoms with van der Waals surface area (Å²) in [5.74, 6) is -0.418. The summed E-state index contributed by atoms with van der Waals surface area (Å²) in [6.45, 7) is 0. The Kier molecular flexibility index (Phi) is 5.14. The van der Waals surface area contributed by atoms with Gasteiger partial charge in [-0.1, -0.05) is 11.6 Å². The summed E-state index contributed by atoms with van der Waals surface area (Å²) in [5.41, 5.74) is 0. The molecule has 1 heterocycles. The molecule has 0 unspecified atom stereocenters. The molecule has 0 radical (unpaired) electrons. The predicted molar refractivity (Wildman–Crippen MR) is 45.9 cm³/mol. The fourth-order valence-corrected chi connectivity index (χ4v) is 0.896. The maximum absolute atomic E-state index is 10.4. The van der Waals surface area contributed by atoms with Gasteiger partial charge in [0, 0.05) is 0 Å². The SMILES string of the molecule is O=CC1=NC(Cl)(C=O)N=C(C=O)N1.[H-].[Na+]. The van der Waals surface area contributed by atoms with Crippen molar-refractivity contribution in [2.24, 2.45) is 9.98 Å². The normalized spacial score (nSPS) is 17.8. The van der Waals surface area contributed by atoms with E-state index in [0.29, 0.717) is 12.6 Å². The minimum atomic E-state index is -1.89. The Bertz CT molecular complexity index is 310. The van der Waals surface area contributed by atoms with Gasteiger partial charge in [-0.25, -0.2) is 9.98 Å². The Hall–Kier alpha value is -0.560. The van der Waals surface area contributed by atoms with Crippen LogP contribution in [0.5, 0.6) is 0 Å². The van der Waals surface area contributed by atoms with Gasteiger partial charge < -0.3 is 6.74 Å². The van der Waals surface area contributed by atoms with Crippen molar-refractivity contribution in [1.82, 2.24) is 5.32 Å². The third-order valence-electron chi connectivity index (χ3n) is 1.18. The van der Waals surface area contributed by atoms with E-state index in [1.54, 1.807) is 0 Å². The van der Waals surface area contributed by atoms with Crippen LogP contribution in [0.3, 0.4) is 0 Å². The fraction of sp³-hybridized carbons (Fsp3) is 0.167. The fourth-order valence-electron chi connectivity index (χ4n) is 0.714. The van der Waals surface area contributed by atoms with Gasteiger partial charge in [0.05, 0.1) is 0 Å². The number of amidine groups is 2. The molecule has 0 bridgehead atoms. The molecule has 1 N–H and O–H groups in total. The summed E-state index contributed by atoms with van der Waals surface area (Å²) in [4.78, 5) is 37.8. The second-order valence-electron chi connectivity index (χ2n) is 2.11. The molecule has 0 spiro atoms. The van der Waals surface area contributed by atoms with E-state index < -0.39 is 5.12 Å². The second-order valence-corrected chi connectivity index (χ2v) is 2.67. The third-order valence-corrected chi connectivity index (χ3v) is 1.44. The average molecular weight is 226 g/mol. The first kappa shape index (κ1) is 13.4. The molecule has 0 aromatic heterocycles. The molecule has 14 heavy (non-hydrogen) atoms. The zero-order chi connectivity index (χ0) is 9.90. The Morgan fingerprint density at radius 1 is 1.21 bits per heavy atom. The van der Waals surface area contributed by atoms with Crippen molar-refractivity contribution in [3.63, 3.8) is 0 Å². The first-order chi connectivity index (χ1) is 6.13. The number of halogens is 1. The molecule has 0 aromatic carbocycles. The summed E-state index contributed by atoms with van der Waals surface area (Å²) in [6.07, 6.45) is 0.889. The molecule has 6 nitrogen and oxygen atoms in total. The molecular weight excluding hydrogens is 221 g/mol. The maximum Gasteiger partial charge on any atom is 1.00 e. The molecule has 1 rings (SSSR count). The van der Waals surface area contributed by atoms with Gasteiger partial charge in [0.25, 0.3) is 5.12 Å². The number of hydrogen-bond acceptors (Lipinski definition) is 6. The molecule has 1 aliphatic heterocycles. The number of nitrogens with zero attached hydrogens (tertiary/aromatic N) is 2. The van der Waals surface area contributed by atoms with Crippen LogP contribution < -0.4 is 34.9 Å². The monoisotopic (exact) mass is 225 g/mol. The Labute approximate surface area is 108 Å². The van der Waals surface area contributed by atoms with Crippen LogP contribution in [0.2, 0.25) is 0 Å². The van der Waals surface area contributed by atoms with E-state index in [1.165, 1.54) is 0 Å². The maximum atomic E-state index is 10.4. The van der Waals surface area contributed by atoms with Gasteiger partial charge in [0.15, 0.2) is 30.5 Å². The van der Waals surface area contributed by atoms with E-state index in [4.69, 9.17) is 11.6 Å². The van der Waals surface area contributed by atoms with Gasteiger partial charge in [-0.2, -0.15) is 0 Å². The van der Waals surface area contributed by atoms with Crippen LogP contribution in [-0.2, 0) is 14.4 Å². The number of rotatable bonds is 3. The number of nitrogens with one attached hydrogen (secondary N) is 1. The Morgan fingerprint density at radius 3 is 1.93 bits per heavy atom. The third kappa shape index (κ3) is 2.98. The molecule has 1 aliphatic rings. The van der Waals surface area contributed by atoms with Gasteiger partial charge in [-0.05, 0) is 0 Å². The van der Waals surface area contributed by atoms with Crippen LogP contribution in [-0.4, -0.2) is 35.7 Å². The van der Waals surface area contributed by atoms with Gasteiger partial charge in [-0.3, -0.25) is 14.4 Å². The molecule has 0 saturated heterocycles. The van der Waals surface area contributed by atoms with Crippen molar-refractivity contribution < 1.29 is 45.4 Å². The average Bonchev–Trinajstić information content (AvgIpc) is 2.17. The summed E-state index contributed by atoms with van der Waals surface area (Å²) < 4.78 is 0. The van der Waals surface area contributed by atoms with Crippen molar-refractivity contribution in [1.29, 1.82) is 0 Å². The van der Waals surface area contributed by atoms with Crippen molar-refractivity contribution in [3.8, 4) is 0 Å². The first-order valence-electron chi connectivity index (χ1n) is 3.16. The number of aldehydes is 3. The van der Waals surface area contributed by atoms with Crippen molar-refractivity contribution >= 4 is 42.1 Å². The first-order valence-corrected chi connectivity index (χ1v) is 3.53. The molecule has 0 saturated carbocycles. The Morgan fingerprint density at radius 2 is 1.64 bits per heavy atom. The van der Waals surface area contributed by atoms with Crippen LogP contribution in [0.4, 0.5) is 0 Å². The minimum Gasteiger partial charge on any atom is -1.00 e. The van der Waals surface area contributed by atoms with Crippen LogP contribution in [0, 0.1) is 0 Å². The van der Waals surface area contributed by atoms with E-state index in [1.807, 2.05) is 0 Å².